The molecule has 0 atom stereocenters. The van der Waals surface area contributed by atoms with Crippen LogP contribution in [0.3, 0.4) is 0 Å². The molecule has 0 spiro atoms. The maximum Gasteiger partial charge on any atom is 0.191 e. The third-order valence-electron chi connectivity index (χ3n) is 2.91. The maximum atomic E-state index is 9.83. The molecule has 4 nitrogen and oxygen atoms in total. The quantitative estimate of drug-likeness (QED) is 0.420. The number of hydrazone groups is 1. The summed E-state index contributed by atoms with van der Waals surface area (Å²) in [5.41, 5.74) is 6.22. The highest BCUT2D eigenvalue weighted by Gasteiger charge is 2.06. The van der Waals surface area contributed by atoms with Crippen LogP contribution >= 0.6 is 35.4 Å². The summed E-state index contributed by atoms with van der Waals surface area (Å²) in [4.78, 5) is 0. The normalized spacial score (nSPS) is 10.8. The number of aryl methyl sites for hydroxylation is 2. The van der Waals surface area contributed by atoms with Crippen LogP contribution in [-0.2, 0) is 0 Å². The van der Waals surface area contributed by atoms with Crippen LogP contribution < -0.4 is 10.7 Å². The average molecular weight is 368 g/mol. The van der Waals surface area contributed by atoms with E-state index in [9.17, 15) is 5.11 Å². The molecule has 2 aromatic rings. The molecule has 0 saturated heterocycles. The van der Waals surface area contributed by atoms with Crippen molar-refractivity contribution in [1.82, 2.24) is 5.43 Å². The van der Waals surface area contributed by atoms with Gasteiger partial charge in [0.15, 0.2) is 5.11 Å². The summed E-state index contributed by atoms with van der Waals surface area (Å²) in [5.74, 6) is -0.0881. The SMILES string of the molecule is Cc1cc(C)cc(NC(=S)N/N=C\c2cc(Cl)cc(Cl)c2O)c1. The highest BCUT2D eigenvalue weighted by molar-refractivity contribution is 7.80. The topological polar surface area (TPSA) is 56.7 Å². The second-order valence-corrected chi connectivity index (χ2v) is 6.28. The summed E-state index contributed by atoms with van der Waals surface area (Å²) >= 11 is 16.9. The second-order valence-electron chi connectivity index (χ2n) is 5.03. The number of phenolic OH excluding ortho intramolecular Hbond substituents is 1. The Hall–Kier alpha value is -1.82. The minimum absolute atomic E-state index is 0.0881. The number of phenols is 1. The van der Waals surface area contributed by atoms with E-state index in [2.05, 4.69) is 21.9 Å². The molecule has 3 N–H and O–H groups in total. The Morgan fingerprint density at radius 3 is 2.43 bits per heavy atom. The molecule has 7 heteroatoms. The molecule has 0 fully saturated rings. The number of benzene rings is 2. The van der Waals surface area contributed by atoms with Gasteiger partial charge in [-0.25, -0.2) is 0 Å². The lowest BCUT2D eigenvalue weighted by molar-refractivity contribution is 0.474. The van der Waals surface area contributed by atoms with Crippen LogP contribution in [0.1, 0.15) is 16.7 Å². The van der Waals surface area contributed by atoms with Crippen molar-refractivity contribution in [1.29, 1.82) is 0 Å². The molecule has 0 saturated carbocycles. The average Bonchev–Trinajstić information content (AvgIpc) is 2.42. The lowest BCUT2D eigenvalue weighted by atomic mass is 10.1. The number of nitrogens with one attached hydrogen (secondary N) is 2. The summed E-state index contributed by atoms with van der Waals surface area (Å²) in [6, 6.07) is 9.04. The molecule has 0 aromatic heterocycles. The Labute approximate surface area is 150 Å². The molecule has 0 heterocycles. The van der Waals surface area contributed by atoms with Crippen molar-refractivity contribution in [2.75, 3.05) is 5.32 Å². The number of hydrogen-bond donors (Lipinski definition) is 3. The van der Waals surface area contributed by atoms with Crippen LogP contribution in [0.2, 0.25) is 10.0 Å². The largest absolute Gasteiger partial charge is 0.506 e. The van der Waals surface area contributed by atoms with E-state index >= 15 is 0 Å². The molecule has 2 rings (SSSR count). The Morgan fingerprint density at radius 2 is 1.78 bits per heavy atom. The van der Waals surface area contributed by atoms with Crippen LogP contribution in [0, 0.1) is 13.8 Å². The summed E-state index contributed by atoms with van der Waals surface area (Å²) in [6.07, 6.45) is 1.39. The molecular formula is C16H15Cl2N3OS. The van der Waals surface area contributed by atoms with Crippen LogP contribution in [0.15, 0.2) is 35.4 Å². The van der Waals surface area contributed by atoms with Crippen LogP contribution in [0.4, 0.5) is 5.69 Å². The van der Waals surface area contributed by atoms with E-state index in [1.54, 1.807) is 6.07 Å². The van der Waals surface area contributed by atoms with E-state index in [4.69, 9.17) is 35.4 Å². The smallest absolute Gasteiger partial charge is 0.191 e. The number of thiocarbonyl (C=S) groups is 1. The molecule has 2 aromatic carbocycles. The van der Waals surface area contributed by atoms with Crippen molar-refractivity contribution in [2.45, 2.75) is 13.8 Å². The third-order valence-corrected chi connectivity index (χ3v) is 3.61. The van der Waals surface area contributed by atoms with E-state index in [1.807, 2.05) is 26.0 Å². The summed E-state index contributed by atoms with van der Waals surface area (Å²) in [7, 11) is 0. The lowest BCUT2D eigenvalue weighted by Crippen LogP contribution is -2.23. The lowest BCUT2D eigenvalue weighted by Gasteiger charge is -2.09. The van der Waals surface area contributed by atoms with Gasteiger partial charge < -0.3 is 10.4 Å². The molecule has 0 bridgehead atoms. The number of halogens is 2. The first-order chi connectivity index (χ1) is 10.8. The van der Waals surface area contributed by atoms with Crippen molar-refractivity contribution in [3.05, 3.63) is 57.1 Å². The zero-order valence-corrected chi connectivity index (χ0v) is 14.9. The summed E-state index contributed by atoms with van der Waals surface area (Å²) in [6.45, 7) is 4.02. The Bertz CT molecular complexity index is 758. The predicted octanol–water partition coefficient (Wildman–Crippen LogP) is 4.64. The summed E-state index contributed by atoms with van der Waals surface area (Å²) < 4.78 is 0. The molecule has 0 radical (unpaired) electrons. The molecule has 120 valence electrons. The van der Waals surface area contributed by atoms with E-state index < -0.39 is 0 Å². The number of hydrogen-bond acceptors (Lipinski definition) is 3. The van der Waals surface area contributed by atoms with Crippen molar-refractivity contribution in [3.63, 3.8) is 0 Å². The van der Waals surface area contributed by atoms with Crippen molar-refractivity contribution in [3.8, 4) is 5.75 Å². The Kier molecular flexibility index (Phi) is 5.82. The first-order valence-electron chi connectivity index (χ1n) is 6.71. The number of rotatable bonds is 3. The van der Waals surface area contributed by atoms with Crippen LogP contribution in [0.5, 0.6) is 5.75 Å². The standard InChI is InChI=1S/C16H15Cl2N3OS/c1-9-3-10(2)5-13(4-9)20-16(23)21-19-8-11-6-12(17)7-14(18)15(11)22/h3-8,22H,1-2H3,(H2,20,21,23)/b19-8-. The maximum absolute atomic E-state index is 9.83. The molecule has 0 unspecified atom stereocenters. The Balaban J connectivity index is 2.01. The zero-order valence-electron chi connectivity index (χ0n) is 12.5. The summed E-state index contributed by atoms with van der Waals surface area (Å²) in [5, 5.41) is 17.7. The fourth-order valence-electron chi connectivity index (χ4n) is 2.05. The van der Waals surface area contributed by atoms with E-state index in [-0.39, 0.29) is 10.8 Å². The van der Waals surface area contributed by atoms with Gasteiger partial charge in [0, 0.05) is 16.3 Å². The minimum atomic E-state index is -0.0881. The first-order valence-corrected chi connectivity index (χ1v) is 7.88. The first kappa shape index (κ1) is 17.5. The second kappa shape index (κ2) is 7.64. The van der Waals surface area contributed by atoms with Crippen LogP contribution in [0.25, 0.3) is 0 Å². The molecule has 0 aliphatic rings. The molecule has 0 aliphatic heterocycles. The Morgan fingerprint density at radius 1 is 1.13 bits per heavy atom. The number of anilines is 1. The van der Waals surface area contributed by atoms with Gasteiger partial charge in [0.1, 0.15) is 5.75 Å². The third kappa shape index (κ3) is 5.10. The molecule has 0 aliphatic carbocycles. The molecule has 0 amide bonds. The van der Waals surface area contributed by atoms with Gasteiger partial charge in [0.2, 0.25) is 0 Å². The number of aromatic hydroxyl groups is 1. The molecule has 23 heavy (non-hydrogen) atoms. The van der Waals surface area contributed by atoms with Crippen LogP contribution in [-0.4, -0.2) is 16.4 Å². The van der Waals surface area contributed by atoms with Gasteiger partial charge in [-0.2, -0.15) is 5.10 Å². The predicted molar refractivity (Wildman–Crippen MR) is 101 cm³/mol. The van der Waals surface area contributed by atoms with Gasteiger partial charge in [0.05, 0.1) is 11.2 Å². The van der Waals surface area contributed by atoms with E-state index in [0.717, 1.165) is 16.8 Å². The fraction of sp³-hybridized carbons (Fsp3) is 0.125. The minimum Gasteiger partial charge on any atom is -0.506 e. The zero-order chi connectivity index (χ0) is 17.0. The monoisotopic (exact) mass is 367 g/mol. The van der Waals surface area contributed by atoms with Crippen molar-refractivity contribution >= 4 is 52.4 Å². The highest BCUT2D eigenvalue weighted by atomic mass is 35.5. The van der Waals surface area contributed by atoms with Gasteiger partial charge in [-0.15, -0.1) is 0 Å². The van der Waals surface area contributed by atoms with E-state index in [0.29, 0.717) is 15.7 Å². The van der Waals surface area contributed by atoms with Gasteiger partial charge in [-0.1, -0.05) is 29.3 Å². The van der Waals surface area contributed by atoms with Crippen molar-refractivity contribution < 1.29 is 5.11 Å². The van der Waals surface area contributed by atoms with Gasteiger partial charge in [0.25, 0.3) is 0 Å². The van der Waals surface area contributed by atoms with Gasteiger partial charge in [-0.3, -0.25) is 5.43 Å². The number of nitrogens with zero attached hydrogens (tertiary/aromatic N) is 1. The van der Waals surface area contributed by atoms with E-state index in [1.165, 1.54) is 12.3 Å². The van der Waals surface area contributed by atoms with Gasteiger partial charge in [-0.05, 0) is 61.5 Å². The van der Waals surface area contributed by atoms with Gasteiger partial charge >= 0.3 is 0 Å². The van der Waals surface area contributed by atoms with Crippen molar-refractivity contribution in [2.24, 2.45) is 5.10 Å². The molecular weight excluding hydrogens is 353 g/mol. The highest BCUT2D eigenvalue weighted by Crippen LogP contribution is 2.29. The fourth-order valence-corrected chi connectivity index (χ4v) is 2.73.